The molecule has 0 aliphatic rings. The summed E-state index contributed by atoms with van der Waals surface area (Å²) < 4.78 is 19.0. The summed E-state index contributed by atoms with van der Waals surface area (Å²) in [5.74, 6) is -0.121. The Morgan fingerprint density at radius 1 is 1.37 bits per heavy atom. The summed E-state index contributed by atoms with van der Waals surface area (Å²) in [5.41, 5.74) is 5.92. The zero-order valence-electron chi connectivity index (χ0n) is 11.6. The molecule has 4 heteroatoms. The quantitative estimate of drug-likeness (QED) is 0.768. The summed E-state index contributed by atoms with van der Waals surface area (Å²) in [4.78, 5) is 0. The van der Waals surface area contributed by atoms with Crippen LogP contribution >= 0.6 is 0 Å². The van der Waals surface area contributed by atoms with E-state index < -0.39 is 0 Å². The van der Waals surface area contributed by atoms with Crippen LogP contribution in [0, 0.1) is 22.6 Å². The lowest BCUT2D eigenvalue weighted by Crippen LogP contribution is -2.09. The molecule has 0 aromatic heterocycles. The molecule has 0 saturated heterocycles. The summed E-state index contributed by atoms with van der Waals surface area (Å²) in [6, 6.07) is 7.01. The molecule has 104 valence electrons. The number of unbranched alkanes of at least 4 members (excludes halogenated alkanes) is 1. The van der Waals surface area contributed by atoms with E-state index in [4.69, 9.17) is 15.7 Å². The minimum atomic E-state index is -0.375. The number of nitrogens with zero attached hydrogens (tertiary/aromatic N) is 1. The molecule has 0 spiro atoms. The molecule has 0 bridgehead atoms. The van der Waals surface area contributed by atoms with Gasteiger partial charge in [0, 0.05) is 12.1 Å². The predicted molar refractivity (Wildman–Crippen MR) is 73.0 cm³/mol. The topological polar surface area (TPSA) is 59.0 Å². The first kappa shape index (κ1) is 15.5. The lowest BCUT2D eigenvalue weighted by atomic mass is 9.89. The molecule has 19 heavy (non-hydrogen) atoms. The molecule has 0 saturated carbocycles. The number of nitriles is 1. The number of ether oxygens (including phenoxy) is 1. The molecule has 0 amide bonds. The fourth-order valence-corrected chi connectivity index (χ4v) is 1.78. The second-order valence-corrected chi connectivity index (χ2v) is 5.23. The zero-order chi connectivity index (χ0) is 14.3. The Labute approximate surface area is 114 Å². The maximum Gasteiger partial charge on any atom is 0.165 e. The van der Waals surface area contributed by atoms with Gasteiger partial charge in [-0.15, -0.1) is 0 Å². The summed E-state index contributed by atoms with van der Waals surface area (Å²) in [5, 5.41) is 8.89. The fourth-order valence-electron chi connectivity index (χ4n) is 1.78. The van der Waals surface area contributed by atoms with Crippen LogP contribution in [0.25, 0.3) is 0 Å². The van der Waals surface area contributed by atoms with Crippen molar-refractivity contribution in [2.45, 2.75) is 39.7 Å². The van der Waals surface area contributed by atoms with E-state index in [9.17, 15) is 4.39 Å². The van der Waals surface area contributed by atoms with Gasteiger partial charge in [-0.1, -0.05) is 12.1 Å². The Morgan fingerprint density at radius 3 is 2.74 bits per heavy atom. The number of hydrogen-bond acceptors (Lipinski definition) is 3. The Bertz CT molecular complexity index is 452. The zero-order valence-corrected chi connectivity index (χ0v) is 11.6. The van der Waals surface area contributed by atoms with Crippen molar-refractivity contribution in [1.29, 1.82) is 5.26 Å². The van der Waals surface area contributed by atoms with E-state index in [-0.39, 0.29) is 23.5 Å². The van der Waals surface area contributed by atoms with Gasteiger partial charge in [-0.3, -0.25) is 0 Å². The van der Waals surface area contributed by atoms with Crippen LogP contribution in [0.15, 0.2) is 18.2 Å². The summed E-state index contributed by atoms with van der Waals surface area (Å²) in [6.07, 6.45) is 2.49. The standard InChI is InChI=1S/C15H21FN2O/c1-15(2,11-18)8-3-4-9-19-14-12(10-17)6-5-7-13(14)16/h5-7H,3-4,8-10,17H2,1-2H3. The number of nitrogens with two attached hydrogens (primary N) is 1. The highest BCUT2D eigenvalue weighted by atomic mass is 19.1. The Balaban J connectivity index is 2.40. The van der Waals surface area contributed by atoms with Crippen molar-refractivity contribution in [3.05, 3.63) is 29.6 Å². The Morgan fingerprint density at radius 2 is 2.11 bits per heavy atom. The molecule has 0 radical (unpaired) electrons. The first-order valence-electron chi connectivity index (χ1n) is 6.51. The van der Waals surface area contributed by atoms with Gasteiger partial charge < -0.3 is 10.5 Å². The van der Waals surface area contributed by atoms with E-state index in [0.29, 0.717) is 12.2 Å². The number of halogens is 1. The molecule has 0 unspecified atom stereocenters. The molecule has 0 atom stereocenters. The molecule has 1 aromatic rings. The fraction of sp³-hybridized carbons (Fsp3) is 0.533. The molecule has 0 aliphatic heterocycles. The maximum absolute atomic E-state index is 13.6. The molecule has 0 aliphatic carbocycles. The van der Waals surface area contributed by atoms with E-state index in [0.717, 1.165) is 19.3 Å². The molecule has 2 N–H and O–H groups in total. The summed E-state index contributed by atoms with van der Waals surface area (Å²) in [6.45, 7) is 4.53. The SMILES string of the molecule is CC(C)(C#N)CCCCOc1c(F)cccc1CN. The van der Waals surface area contributed by atoms with Crippen LogP contribution in [0.2, 0.25) is 0 Å². The Hall–Kier alpha value is -1.60. The highest BCUT2D eigenvalue weighted by Crippen LogP contribution is 2.24. The minimum absolute atomic E-state index is 0.254. The van der Waals surface area contributed by atoms with E-state index >= 15 is 0 Å². The van der Waals surface area contributed by atoms with Crippen molar-refractivity contribution >= 4 is 0 Å². The summed E-state index contributed by atoms with van der Waals surface area (Å²) >= 11 is 0. The normalized spacial score (nSPS) is 11.1. The first-order chi connectivity index (χ1) is 9.00. The van der Waals surface area contributed by atoms with Crippen LogP contribution in [0.1, 0.15) is 38.7 Å². The molecule has 0 fully saturated rings. The average Bonchev–Trinajstić information content (AvgIpc) is 2.39. The van der Waals surface area contributed by atoms with Crippen LogP contribution in [-0.4, -0.2) is 6.61 Å². The molecule has 3 nitrogen and oxygen atoms in total. The van der Waals surface area contributed by atoms with Gasteiger partial charge in [-0.2, -0.15) is 5.26 Å². The largest absolute Gasteiger partial charge is 0.490 e. The van der Waals surface area contributed by atoms with Gasteiger partial charge in [-0.25, -0.2) is 4.39 Å². The maximum atomic E-state index is 13.6. The molecular weight excluding hydrogens is 243 g/mol. The third-order valence-corrected chi connectivity index (χ3v) is 3.01. The van der Waals surface area contributed by atoms with Crippen molar-refractivity contribution in [2.24, 2.45) is 11.1 Å². The lowest BCUT2D eigenvalue weighted by molar-refractivity contribution is 0.279. The van der Waals surface area contributed by atoms with E-state index in [2.05, 4.69) is 6.07 Å². The van der Waals surface area contributed by atoms with Crippen LogP contribution < -0.4 is 10.5 Å². The lowest BCUT2D eigenvalue weighted by Gasteiger charge is -2.15. The van der Waals surface area contributed by atoms with Gasteiger partial charge >= 0.3 is 0 Å². The monoisotopic (exact) mass is 264 g/mol. The van der Waals surface area contributed by atoms with Crippen molar-refractivity contribution in [1.82, 2.24) is 0 Å². The van der Waals surface area contributed by atoms with Gasteiger partial charge in [0.15, 0.2) is 11.6 Å². The van der Waals surface area contributed by atoms with Crippen molar-refractivity contribution in [3.63, 3.8) is 0 Å². The smallest absolute Gasteiger partial charge is 0.165 e. The van der Waals surface area contributed by atoms with Gasteiger partial charge in [-0.05, 0) is 39.2 Å². The predicted octanol–water partition coefficient (Wildman–Crippen LogP) is 3.38. The second-order valence-electron chi connectivity index (χ2n) is 5.23. The third kappa shape index (κ3) is 4.88. The molecule has 0 heterocycles. The van der Waals surface area contributed by atoms with Crippen molar-refractivity contribution < 1.29 is 9.13 Å². The average molecular weight is 264 g/mol. The molecule has 1 rings (SSSR count). The van der Waals surface area contributed by atoms with Crippen molar-refractivity contribution in [2.75, 3.05) is 6.61 Å². The van der Waals surface area contributed by atoms with Gasteiger partial charge in [0.25, 0.3) is 0 Å². The number of para-hydroxylation sites is 1. The number of hydrogen-bond donors (Lipinski definition) is 1. The van der Waals surface area contributed by atoms with E-state index in [1.807, 2.05) is 13.8 Å². The van der Waals surface area contributed by atoms with Gasteiger partial charge in [0.05, 0.1) is 18.1 Å². The van der Waals surface area contributed by atoms with Gasteiger partial charge in [0.1, 0.15) is 0 Å². The highest BCUT2D eigenvalue weighted by molar-refractivity contribution is 5.34. The summed E-state index contributed by atoms with van der Waals surface area (Å²) in [7, 11) is 0. The number of rotatable bonds is 7. The molecule has 1 aromatic carbocycles. The highest BCUT2D eigenvalue weighted by Gasteiger charge is 2.15. The van der Waals surface area contributed by atoms with Crippen LogP contribution in [0.4, 0.5) is 4.39 Å². The van der Waals surface area contributed by atoms with Gasteiger partial charge in [0.2, 0.25) is 0 Å². The third-order valence-electron chi connectivity index (χ3n) is 3.01. The van der Waals surface area contributed by atoms with E-state index in [1.165, 1.54) is 6.07 Å². The number of benzene rings is 1. The second kappa shape index (κ2) is 7.10. The van der Waals surface area contributed by atoms with Crippen molar-refractivity contribution in [3.8, 4) is 11.8 Å². The van der Waals surface area contributed by atoms with Crippen LogP contribution in [0.5, 0.6) is 5.75 Å². The first-order valence-corrected chi connectivity index (χ1v) is 6.51. The van der Waals surface area contributed by atoms with Crippen LogP contribution in [0.3, 0.4) is 0 Å². The van der Waals surface area contributed by atoms with E-state index in [1.54, 1.807) is 12.1 Å². The molecular formula is C15H21FN2O. The van der Waals surface area contributed by atoms with Crippen LogP contribution in [-0.2, 0) is 6.54 Å². The Kier molecular flexibility index (Phi) is 5.78. The minimum Gasteiger partial charge on any atom is -0.490 e.